The Morgan fingerprint density at radius 1 is 1.22 bits per heavy atom. The molecule has 0 N–H and O–H groups in total. The van der Waals surface area contributed by atoms with Crippen LogP contribution in [0, 0.1) is 12.8 Å². The second kappa shape index (κ2) is 5.55. The molecular weight excluding hydrogens is 222 g/mol. The van der Waals surface area contributed by atoms with Gasteiger partial charge in [-0.15, -0.1) is 0 Å². The molecule has 1 aliphatic carbocycles. The molecule has 2 atom stereocenters. The van der Waals surface area contributed by atoms with Gasteiger partial charge in [0.1, 0.15) is 0 Å². The van der Waals surface area contributed by atoms with E-state index in [0.29, 0.717) is 12.0 Å². The highest BCUT2D eigenvalue weighted by molar-refractivity contribution is 5.95. The molecule has 0 aliphatic heterocycles. The van der Waals surface area contributed by atoms with Crippen LogP contribution < -0.4 is 0 Å². The molecule has 2 rings (SSSR count). The predicted molar refractivity (Wildman–Crippen MR) is 74.7 cm³/mol. The summed E-state index contributed by atoms with van der Waals surface area (Å²) >= 11 is 0. The van der Waals surface area contributed by atoms with Crippen LogP contribution in [0.4, 0.5) is 0 Å². The lowest BCUT2D eigenvalue weighted by Gasteiger charge is -2.36. The molecule has 1 aliphatic rings. The summed E-state index contributed by atoms with van der Waals surface area (Å²) in [4.78, 5) is 14.5. The highest BCUT2D eigenvalue weighted by Gasteiger charge is 2.28. The number of rotatable bonds is 2. The largest absolute Gasteiger partial charge is 0.338 e. The van der Waals surface area contributed by atoms with Crippen LogP contribution in [-0.4, -0.2) is 23.9 Å². The SMILES string of the molecule is Cc1ccccc1C(=O)N(C)C1CCCCC1C. The molecule has 0 radical (unpaired) electrons. The van der Waals surface area contributed by atoms with Crippen LogP contribution in [0.25, 0.3) is 0 Å². The van der Waals surface area contributed by atoms with Crippen LogP contribution in [0.15, 0.2) is 24.3 Å². The maximum Gasteiger partial charge on any atom is 0.254 e. The number of benzene rings is 1. The summed E-state index contributed by atoms with van der Waals surface area (Å²) in [7, 11) is 1.96. The molecule has 2 nitrogen and oxygen atoms in total. The van der Waals surface area contributed by atoms with Crippen LogP contribution in [0.1, 0.15) is 48.5 Å². The van der Waals surface area contributed by atoms with Gasteiger partial charge in [-0.2, -0.15) is 0 Å². The second-order valence-electron chi connectivity index (χ2n) is 5.56. The van der Waals surface area contributed by atoms with Gasteiger partial charge in [0.2, 0.25) is 0 Å². The van der Waals surface area contributed by atoms with Crippen molar-refractivity contribution in [3.8, 4) is 0 Å². The first-order chi connectivity index (χ1) is 8.61. The first-order valence-corrected chi connectivity index (χ1v) is 6.94. The number of amides is 1. The quantitative estimate of drug-likeness (QED) is 0.779. The predicted octanol–water partition coefficient (Wildman–Crippen LogP) is 3.65. The maximum absolute atomic E-state index is 12.5. The first-order valence-electron chi connectivity index (χ1n) is 6.94. The molecule has 0 aromatic heterocycles. The molecule has 2 heteroatoms. The molecule has 1 aromatic carbocycles. The minimum absolute atomic E-state index is 0.173. The van der Waals surface area contributed by atoms with Crippen molar-refractivity contribution < 1.29 is 4.79 Å². The van der Waals surface area contributed by atoms with E-state index in [1.165, 1.54) is 19.3 Å². The zero-order chi connectivity index (χ0) is 13.1. The van der Waals surface area contributed by atoms with E-state index in [1.54, 1.807) is 0 Å². The van der Waals surface area contributed by atoms with Crippen molar-refractivity contribution in [3.05, 3.63) is 35.4 Å². The summed E-state index contributed by atoms with van der Waals surface area (Å²) in [6.45, 7) is 4.27. The molecule has 0 bridgehead atoms. The third-order valence-corrected chi connectivity index (χ3v) is 4.26. The van der Waals surface area contributed by atoms with Crippen LogP contribution in [0.5, 0.6) is 0 Å². The second-order valence-corrected chi connectivity index (χ2v) is 5.56. The minimum Gasteiger partial charge on any atom is -0.338 e. The standard InChI is InChI=1S/C16H23NO/c1-12-8-4-6-10-14(12)16(18)17(3)15-11-7-5-9-13(15)2/h4,6,8,10,13,15H,5,7,9,11H2,1-3H3. The van der Waals surface area contributed by atoms with Crippen LogP contribution in [0.3, 0.4) is 0 Å². The van der Waals surface area contributed by atoms with Gasteiger partial charge in [0.15, 0.2) is 0 Å². The average molecular weight is 245 g/mol. The Hall–Kier alpha value is -1.31. The Bertz CT molecular complexity index is 427. The van der Waals surface area contributed by atoms with Gasteiger partial charge in [-0.25, -0.2) is 0 Å². The zero-order valence-corrected chi connectivity index (χ0v) is 11.6. The lowest BCUT2D eigenvalue weighted by Crippen LogP contribution is -2.42. The van der Waals surface area contributed by atoms with Gasteiger partial charge in [-0.05, 0) is 37.3 Å². The summed E-state index contributed by atoms with van der Waals surface area (Å²) in [5.41, 5.74) is 1.91. The van der Waals surface area contributed by atoms with Crippen molar-refractivity contribution in [1.82, 2.24) is 4.90 Å². The van der Waals surface area contributed by atoms with E-state index >= 15 is 0 Å². The number of hydrogen-bond donors (Lipinski definition) is 0. The summed E-state index contributed by atoms with van der Waals surface area (Å²) in [6, 6.07) is 8.27. The van der Waals surface area contributed by atoms with E-state index < -0.39 is 0 Å². The Labute approximate surface area is 110 Å². The monoisotopic (exact) mass is 245 g/mol. The smallest absolute Gasteiger partial charge is 0.254 e. The van der Waals surface area contributed by atoms with Gasteiger partial charge in [0.25, 0.3) is 5.91 Å². The summed E-state index contributed by atoms with van der Waals surface area (Å²) in [6.07, 6.45) is 4.95. The van der Waals surface area contributed by atoms with Gasteiger partial charge < -0.3 is 4.90 Å². The molecule has 1 saturated carbocycles. The van der Waals surface area contributed by atoms with Crippen LogP contribution >= 0.6 is 0 Å². The molecule has 0 spiro atoms. The fraction of sp³-hybridized carbons (Fsp3) is 0.562. The number of nitrogens with zero attached hydrogens (tertiary/aromatic N) is 1. The normalized spacial score (nSPS) is 23.7. The fourth-order valence-electron chi connectivity index (χ4n) is 3.03. The highest BCUT2D eigenvalue weighted by atomic mass is 16.2. The minimum atomic E-state index is 0.173. The maximum atomic E-state index is 12.5. The topological polar surface area (TPSA) is 20.3 Å². The van der Waals surface area contributed by atoms with Gasteiger partial charge >= 0.3 is 0 Å². The van der Waals surface area contributed by atoms with Gasteiger partial charge in [-0.1, -0.05) is 38.0 Å². The third kappa shape index (κ3) is 2.58. The molecule has 0 heterocycles. The molecule has 1 amide bonds. The molecule has 0 saturated heterocycles. The van der Waals surface area contributed by atoms with Crippen molar-refractivity contribution in [2.75, 3.05) is 7.05 Å². The van der Waals surface area contributed by atoms with Crippen LogP contribution in [0.2, 0.25) is 0 Å². The molecule has 1 fully saturated rings. The first kappa shape index (κ1) is 13.1. The van der Waals surface area contributed by atoms with E-state index in [9.17, 15) is 4.79 Å². The van der Waals surface area contributed by atoms with Gasteiger partial charge in [0, 0.05) is 18.7 Å². The van der Waals surface area contributed by atoms with E-state index in [2.05, 4.69) is 6.92 Å². The Morgan fingerprint density at radius 3 is 2.56 bits per heavy atom. The zero-order valence-electron chi connectivity index (χ0n) is 11.6. The third-order valence-electron chi connectivity index (χ3n) is 4.26. The van der Waals surface area contributed by atoms with Crippen molar-refractivity contribution >= 4 is 5.91 Å². The average Bonchev–Trinajstić information content (AvgIpc) is 2.38. The summed E-state index contributed by atoms with van der Waals surface area (Å²) < 4.78 is 0. The van der Waals surface area contributed by atoms with Crippen molar-refractivity contribution in [2.24, 2.45) is 5.92 Å². The number of carbonyl (C=O) groups excluding carboxylic acids is 1. The highest BCUT2D eigenvalue weighted by Crippen LogP contribution is 2.28. The van der Waals surface area contributed by atoms with E-state index in [-0.39, 0.29) is 5.91 Å². The number of carbonyl (C=O) groups is 1. The van der Waals surface area contributed by atoms with E-state index in [0.717, 1.165) is 17.5 Å². The number of aryl methyl sites for hydroxylation is 1. The summed E-state index contributed by atoms with van der Waals surface area (Å²) in [5.74, 6) is 0.795. The molecular formula is C16H23NO. The Balaban J connectivity index is 2.16. The van der Waals surface area contributed by atoms with E-state index in [1.807, 2.05) is 43.1 Å². The number of hydrogen-bond acceptors (Lipinski definition) is 1. The lowest BCUT2D eigenvalue weighted by atomic mass is 9.85. The van der Waals surface area contributed by atoms with Crippen molar-refractivity contribution in [1.29, 1.82) is 0 Å². The lowest BCUT2D eigenvalue weighted by molar-refractivity contribution is 0.0628. The Kier molecular flexibility index (Phi) is 4.05. The molecule has 1 aromatic rings. The van der Waals surface area contributed by atoms with Gasteiger partial charge in [0.05, 0.1) is 0 Å². The Morgan fingerprint density at radius 2 is 1.89 bits per heavy atom. The van der Waals surface area contributed by atoms with Crippen molar-refractivity contribution in [3.63, 3.8) is 0 Å². The summed E-state index contributed by atoms with van der Waals surface area (Å²) in [5, 5.41) is 0. The molecule has 18 heavy (non-hydrogen) atoms. The van der Waals surface area contributed by atoms with Crippen LogP contribution in [-0.2, 0) is 0 Å². The van der Waals surface area contributed by atoms with Crippen molar-refractivity contribution in [2.45, 2.75) is 45.6 Å². The van der Waals surface area contributed by atoms with E-state index in [4.69, 9.17) is 0 Å². The molecule has 98 valence electrons. The molecule has 2 unspecified atom stereocenters. The van der Waals surface area contributed by atoms with Gasteiger partial charge in [-0.3, -0.25) is 4.79 Å². The fourth-order valence-corrected chi connectivity index (χ4v) is 3.03.